The molecule has 0 bridgehead atoms. The van der Waals surface area contributed by atoms with Crippen molar-refractivity contribution >= 4 is 5.91 Å². The predicted octanol–water partition coefficient (Wildman–Crippen LogP) is 3.14. The van der Waals surface area contributed by atoms with Crippen LogP contribution in [0.4, 0.5) is 0 Å². The van der Waals surface area contributed by atoms with Crippen molar-refractivity contribution in [3.8, 4) is 11.5 Å². The van der Waals surface area contributed by atoms with E-state index in [1.54, 1.807) is 7.11 Å². The fraction of sp³-hybridized carbons (Fsp3) is 0.571. The number of methoxy groups -OCH3 is 1. The number of likely N-dealkylation sites (tertiary alicyclic amines) is 1. The molecule has 2 aliphatic rings. The number of nitrogens with zero attached hydrogens (tertiary/aromatic N) is 1. The number of nitrogens with one attached hydrogen (secondary N) is 1. The van der Waals surface area contributed by atoms with E-state index in [1.165, 1.54) is 11.1 Å². The number of amides is 1. The van der Waals surface area contributed by atoms with Crippen molar-refractivity contribution in [2.24, 2.45) is 5.41 Å². The third-order valence-electron chi connectivity index (χ3n) is 5.40. The van der Waals surface area contributed by atoms with Gasteiger partial charge in [0.05, 0.1) is 12.5 Å². The highest BCUT2D eigenvalue weighted by atomic mass is 16.5. The number of rotatable bonds is 6. The van der Waals surface area contributed by atoms with Gasteiger partial charge in [0.1, 0.15) is 6.61 Å². The summed E-state index contributed by atoms with van der Waals surface area (Å²) in [6.45, 7) is 8.13. The quantitative estimate of drug-likeness (QED) is 0.794. The molecule has 0 saturated carbocycles. The highest BCUT2D eigenvalue weighted by Gasteiger charge is 2.45. The molecule has 26 heavy (non-hydrogen) atoms. The second-order valence-electron chi connectivity index (χ2n) is 7.68. The predicted molar refractivity (Wildman–Crippen MR) is 102 cm³/mol. The maximum Gasteiger partial charge on any atom is 0.227 e. The summed E-state index contributed by atoms with van der Waals surface area (Å²) >= 11 is 0. The summed E-state index contributed by atoms with van der Waals surface area (Å²) < 4.78 is 11.3. The van der Waals surface area contributed by atoms with Crippen LogP contribution in [-0.2, 0) is 11.3 Å². The molecular formula is C21H30N2O3. The number of hydrogen-bond acceptors (Lipinski definition) is 4. The van der Waals surface area contributed by atoms with Crippen molar-refractivity contribution in [3.05, 3.63) is 35.4 Å². The maximum absolute atomic E-state index is 12.3. The number of hydrogen-bond donors (Lipinski definition) is 1. The van der Waals surface area contributed by atoms with Crippen LogP contribution >= 0.6 is 0 Å². The van der Waals surface area contributed by atoms with Gasteiger partial charge >= 0.3 is 0 Å². The molecule has 1 atom stereocenters. The van der Waals surface area contributed by atoms with E-state index >= 15 is 0 Å². The summed E-state index contributed by atoms with van der Waals surface area (Å²) in [7, 11) is 1.67. The minimum Gasteiger partial charge on any atom is -0.493 e. The second-order valence-corrected chi connectivity index (χ2v) is 7.68. The first kappa shape index (κ1) is 18.8. The molecule has 0 aromatic heterocycles. The van der Waals surface area contributed by atoms with Gasteiger partial charge in [0, 0.05) is 19.6 Å². The van der Waals surface area contributed by atoms with Gasteiger partial charge in [-0.05, 0) is 63.4 Å². The van der Waals surface area contributed by atoms with Gasteiger partial charge in [-0.3, -0.25) is 9.69 Å². The van der Waals surface area contributed by atoms with Crippen LogP contribution in [0.5, 0.6) is 11.5 Å². The van der Waals surface area contributed by atoms with Crippen molar-refractivity contribution in [3.63, 3.8) is 0 Å². The third-order valence-corrected chi connectivity index (χ3v) is 5.40. The monoisotopic (exact) mass is 358 g/mol. The number of benzene rings is 1. The van der Waals surface area contributed by atoms with Crippen LogP contribution in [0.3, 0.4) is 0 Å². The van der Waals surface area contributed by atoms with Crippen LogP contribution in [0, 0.1) is 5.41 Å². The lowest BCUT2D eigenvalue weighted by Crippen LogP contribution is -2.47. The molecule has 5 nitrogen and oxygen atoms in total. The second kappa shape index (κ2) is 8.12. The smallest absolute Gasteiger partial charge is 0.227 e. The van der Waals surface area contributed by atoms with Crippen LogP contribution in [0.15, 0.2) is 29.8 Å². The highest BCUT2D eigenvalue weighted by Crippen LogP contribution is 2.38. The SMILES string of the molecule is COc1cc(CN2CCC3(CCCNC3=O)C2)ccc1OCC=C(C)C. The lowest BCUT2D eigenvalue weighted by atomic mass is 9.79. The van der Waals surface area contributed by atoms with Gasteiger partial charge in [0.15, 0.2) is 11.5 Å². The number of carbonyl (C=O) groups is 1. The highest BCUT2D eigenvalue weighted by molar-refractivity contribution is 5.84. The normalized spacial score (nSPS) is 23.0. The van der Waals surface area contributed by atoms with Gasteiger partial charge in [-0.2, -0.15) is 0 Å². The van der Waals surface area contributed by atoms with Gasteiger partial charge in [-0.25, -0.2) is 0 Å². The molecule has 2 aliphatic heterocycles. The number of piperidine rings is 1. The van der Waals surface area contributed by atoms with Crippen molar-refractivity contribution in [2.45, 2.75) is 39.7 Å². The Morgan fingerprint density at radius 1 is 1.31 bits per heavy atom. The number of ether oxygens (including phenoxy) is 2. The molecule has 142 valence electrons. The lowest BCUT2D eigenvalue weighted by molar-refractivity contribution is -0.132. The largest absolute Gasteiger partial charge is 0.493 e. The summed E-state index contributed by atoms with van der Waals surface area (Å²) in [4.78, 5) is 14.7. The molecule has 1 spiro atoms. The van der Waals surface area contributed by atoms with Crippen molar-refractivity contribution in [1.82, 2.24) is 10.2 Å². The first-order chi connectivity index (χ1) is 12.5. The Morgan fingerprint density at radius 2 is 2.15 bits per heavy atom. The Hall–Kier alpha value is -2.01. The molecule has 1 unspecified atom stereocenters. The first-order valence-electron chi connectivity index (χ1n) is 9.46. The molecule has 0 aliphatic carbocycles. The van der Waals surface area contributed by atoms with Crippen LogP contribution in [0.25, 0.3) is 0 Å². The zero-order valence-corrected chi connectivity index (χ0v) is 16.1. The summed E-state index contributed by atoms with van der Waals surface area (Å²) in [5.74, 6) is 1.76. The molecular weight excluding hydrogens is 328 g/mol. The molecule has 2 heterocycles. The average molecular weight is 358 g/mol. The maximum atomic E-state index is 12.3. The molecule has 0 radical (unpaired) electrons. The zero-order valence-electron chi connectivity index (χ0n) is 16.1. The van der Waals surface area contributed by atoms with E-state index in [2.05, 4.69) is 30.1 Å². The zero-order chi connectivity index (χ0) is 18.6. The molecule has 1 amide bonds. The summed E-state index contributed by atoms with van der Waals surface area (Å²) in [6, 6.07) is 6.11. The number of carbonyl (C=O) groups excluding carboxylic acids is 1. The van der Waals surface area contributed by atoms with Gasteiger partial charge in [-0.1, -0.05) is 11.6 Å². The summed E-state index contributed by atoms with van der Waals surface area (Å²) in [6.07, 6.45) is 5.10. The average Bonchev–Trinajstić information content (AvgIpc) is 3.02. The Morgan fingerprint density at radius 3 is 2.88 bits per heavy atom. The van der Waals surface area contributed by atoms with E-state index in [-0.39, 0.29) is 11.3 Å². The minimum absolute atomic E-state index is 0.171. The standard InChI is InChI=1S/C21H30N2O3/c1-16(2)7-12-26-18-6-5-17(13-19(18)25-3)14-23-11-9-21(15-23)8-4-10-22-20(21)24/h5-7,13H,4,8-12,14-15H2,1-3H3,(H,22,24). The molecule has 5 heteroatoms. The molecule has 2 saturated heterocycles. The Balaban J connectivity index is 1.63. The Kier molecular flexibility index (Phi) is 5.87. The van der Waals surface area contributed by atoms with Gasteiger partial charge in [0.25, 0.3) is 0 Å². The number of allylic oxidation sites excluding steroid dienone is 1. The Labute approximate surface area is 156 Å². The van der Waals surface area contributed by atoms with Crippen molar-refractivity contribution in [1.29, 1.82) is 0 Å². The van der Waals surface area contributed by atoms with Crippen LogP contribution in [-0.4, -0.2) is 44.2 Å². The van der Waals surface area contributed by atoms with E-state index in [0.717, 1.165) is 56.9 Å². The fourth-order valence-corrected chi connectivity index (χ4v) is 3.90. The van der Waals surface area contributed by atoms with Crippen molar-refractivity contribution < 1.29 is 14.3 Å². The van der Waals surface area contributed by atoms with Crippen LogP contribution in [0.1, 0.15) is 38.7 Å². The minimum atomic E-state index is -0.171. The van der Waals surface area contributed by atoms with Gasteiger partial charge in [0.2, 0.25) is 5.91 Å². The molecule has 1 aromatic rings. The first-order valence-corrected chi connectivity index (χ1v) is 9.46. The van der Waals surface area contributed by atoms with Crippen LogP contribution in [0.2, 0.25) is 0 Å². The summed E-state index contributed by atoms with van der Waals surface area (Å²) in [5, 5.41) is 3.05. The van der Waals surface area contributed by atoms with E-state index in [4.69, 9.17) is 9.47 Å². The van der Waals surface area contributed by atoms with E-state index in [1.807, 2.05) is 18.2 Å². The van der Waals surface area contributed by atoms with Gasteiger partial charge in [-0.15, -0.1) is 0 Å². The van der Waals surface area contributed by atoms with E-state index in [0.29, 0.717) is 6.61 Å². The van der Waals surface area contributed by atoms with E-state index < -0.39 is 0 Å². The van der Waals surface area contributed by atoms with Crippen LogP contribution < -0.4 is 14.8 Å². The molecule has 2 fully saturated rings. The molecule has 1 aromatic carbocycles. The van der Waals surface area contributed by atoms with E-state index in [9.17, 15) is 4.79 Å². The topological polar surface area (TPSA) is 50.8 Å². The Bertz CT molecular complexity index is 682. The summed E-state index contributed by atoms with van der Waals surface area (Å²) in [5.41, 5.74) is 2.25. The third kappa shape index (κ3) is 4.21. The molecule has 1 N–H and O–H groups in total. The lowest BCUT2D eigenvalue weighted by Gasteiger charge is -2.32. The molecule has 3 rings (SSSR count). The fourth-order valence-electron chi connectivity index (χ4n) is 3.90. The van der Waals surface area contributed by atoms with Gasteiger partial charge < -0.3 is 14.8 Å². The van der Waals surface area contributed by atoms with Crippen molar-refractivity contribution in [2.75, 3.05) is 33.4 Å².